The minimum absolute atomic E-state index is 0.316. The van der Waals surface area contributed by atoms with E-state index in [2.05, 4.69) is 20.6 Å². The molecule has 1 heterocycles. The number of anilines is 1. The highest BCUT2D eigenvalue weighted by atomic mass is 35.5. The number of aromatic amines is 1. The van der Waals surface area contributed by atoms with Crippen LogP contribution in [0, 0.1) is 0 Å². The van der Waals surface area contributed by atoms with Gasteiger partial charge in [-0.05, 0) is 18.2 Å². The zero-order valence-corrected chi connectivity index (χ0v) is 8.97. The molecule has 4 N–H and O–H groups in total. The SMILES string of the molecule is NNc1n[nH]c(-c2ccc(Cl)c(Cl)c2)n1. The maximum atomic E-state index is 5.87. The third kappa shape index (κ3) is 2.04. The maximum Gasteiger partial charge on any atom is 0.256 e. The minimum atomic E-state index is 0.316. The third-order valence-corrected chi connectivity index (χ3v) is 2.55. The van der Waals surface area contributed by atoms with Gasteiger partial charge in [-0.2, -0.15) is 4.98 Å². The highest BCUT2D eigenvalue weighted by Crippen LogP contribution is 2.26. The van der Waals surface area contributed by atoms with Crippen molar-refractivity contribution in [1.29, 1.82) is 0 Å². The monoisotopic (exact) mass is 243 g/mol. The predicted molar refractivity (Wildman–Crippen MR) is 59.6 cm³/mol. The van der Waals surface area contributed by atoms with Crippen LogP contribution in [0.1, 0.15) is 0 Å². The average molecular weight is 244 g/mol. The Morgan fingerprint density at radius 1 is 1.27 bits per heavy atom. The number of rotatable bonds is 2. The Labute approximate surface area is 95.6 Å². The van der Waals surface area contributed by atoms with Gasteiger partial charge < -0.3 is 0 Å². The fourth-order valence-electron chi connectivity index (χ4n) is 1.10. The first-order valence-corrected chi connectivity index (χ1v) is 4.81. The largest absolute Gasteiger partial charge is 0.291 e. The molecule has 0 aliphatic heterocycles. The van der Waals surface area contributed by atoms with Gasteiger partial charge >= 0.3 is 0 Å². The second-order valence-corrected chi connectivity index (χ2v) is 3.60. The van der Waals surface area contributed by atoms with Crippen LogP contribution in [0.4, 0.5) is 5.95 Å². The summed E-state index contributed by atoms with van der Waals surface area (Å²) in [6.45, 7) is 0. The summed E-state index contributed by atoms with van der Waals surface area (Å²) in [5.74, 6) is 6.04. The molecule has 7 heteroatoms. The van der Waals surface area contributed by atoms with Crippen LogP contribution in [-0.4, -0.2) is 15.2 Å². The van der Waals surface area contributed by atoms with Crippen molar-refractivity contribution in [3.63, 3.8) is 0 Å². The molecule has 0 spiro atoms. The van der Waals surface area contributed by atoms with Gasteiger partial charge in [-0.25, -0.2) is 5.84 Å². The Balaban J connectivity index is 2.40. The summed E-state index contributed by atoms with van der Waals surface area (Å²) in [6.07, 6.45) is 0. The van der Waals surface area contributed by atoms with E-state index in [1.54, 1.807) is 18.2 Å². The Morgan fingerprint density at radius 2 is 2.07 bits per heavy atom. The van der Waals surface area contributed by atoms with Crippen LogP contribution in [0.5, 0.6) is 0 Å². The van der Waals surface area contributed by atoms with Crippen molar-refractivity contribution in [3.05, 3.63) is 28.2 Å². The molecule has 0 aliphatic carbocycles. The second-order valence-electron chi connectivity index (χ2n) is 2.78. The molecular weight excluding hydrogens is 237 g/mol. The lowest BCUT2D eigenvalue weighted by atomic mass is 10.2. The zero-order chi connectivity index (χ0) is 10.8. The van der Waals surface area contributed by atoms with E-state index >= 15 is 0 Å². The van der Waals surface area contributed by atoms with Crippen LogP contribution >= 0.6 is 23.2 Å². The van der Waals surface area contributed by atoms with Crippen LogP contribution in [0.25, 0.3) is 11.4 Å². The van der Waals surface area contributed by atoms with E-state index in [9.17, 15) is 0 Å². The van der Waals surface area contributed by atoms with Gasteiger partial charge in [0.15, 0.2) is 5.82 Å². The van der Waals surface area contributed by atoms with Gasteiger partial charge in [0.1, 0.15) is 0 Å². The summed E-state index contributed by atoms with van der Waals surface area (Å²) >= 11 is 11.7. The van der Waals surface area contributed by atoms with E-state index in [-0.39, 0.29) is 0 Å². The summed E-state index contributed by atoms with van der Waals surface area (Å²) in [7, 11) is 0. The quantitative estimate of drug-likeness (QED) is 0.558. The molecule has 1 aromatic carbocycles. The number of nitrogens with one attached hydrogen (secondary N) is 2. The summed E-state index contributed by atoms with van der Waals surface area (Å²) in [5.41, 5.74) is 3.12. The van der Waals surface area contributed by atoms with Gasteiger partial charge in [-0.3, -0.25) is 10.5 Å². The summed E-state index contributed by atoms with van der Waals surface area (Å²) in [6, 6.07) is 5.18. The molecule has 0 fully saturated rings. The number of aromatic nitrogens is 3. The molecule has 0 aliphatic rings. The fourth-order valence-corrected chi connectivity index (χ4v) is 1.40. The third-order valence-electron chi connectivity index (χ3n) is 1.81. The Morgan fingerprint density at radius 3 is 2.67 bits per heavy atom. The number of hydrogen-bond donors (Lipinski definition) is 3. The summed E-state index contributed by atoms with van der Waals surface area (Å²) in [5, 5.41) is 7.49. The van der Waals surface area contributed by atoms with Gasteiger partial charge in [0, 0.05) is 5.56 Å². The molecule has 2 aromatic rings. The second kappa shape index (κ2) is 4.06. The molecule has 0 bridgehead atoms. The van der Waals surface area contributed by atoms with E-state index in [0.29, 0.717) is 21.8 Å². The van der Waals surface area contributed by atoms with Gasteiger partial charge in [0.05, 0.1) is 10.0 Å². The first-order chi connectivity index (χ1) is 7.20. The zero-order valence-electron chi connectivity index (χ0n) is 7.46. The Kier molecular flexibility index (Phi) is 2.77. The van der Waals surface area contributed by atoms with Crippen LogP contribution in [0.3, 0.4) is 0 Å². The molecule has 2 rings (SSSR count). The summed E-state index contributed by atoms with van der Waals surface area (Å²) < 4.78 is 0. The van der Waals surface area contributed by atoms with Crippen molar-refractivity contribution >= 4 is 29.2 Å². The molecule has 0 saturated carbocycles. The van der Waals surface area contributed by atoms with Crippen molar-refractivity contribution in [2.24, 2.45) is 5.84 Å². The topological polar surface area (TPSA) is 79.6 Å². The highest BCUT2D eigenvalue weighted by Gasteiger charge is 2.06. The minimum Gasteiger partial charge on any atom is -0.291 e. The molecule has 0 radical (unpaired) electrons. The van der Waals surface area contributed by atoms with E-state index in [0.717, 1.165) is 5.56 Å². The normalized spacial score (nSPS) is 10.3. The molecular formula is C8H7Cl2N5. The first-order valence-electron chi connectivity index (χ1n) is 4.05. The van der Waals surface area contributed by atoms with Gasteiger partial charge in [0.2, 0.25) is 0 Å². The van der Waals surface area contributed by atoms with E-state index < -0.39 is 0 Å². The number of nitrogens with two attached hydrogens (primary N) is 1. The van der Waals surface area contributed by atoms with Crippen molar-refractivity contribution in [1.82, 2.24) is 15.2 Å². The van der Waals surface area contributed by atoms with Crippen LogP contribution in [0.2, 0.25) is 10.0 Å². The lowest BCUT2D eigenvalue weighted by molar-refractivity contribution is 1.08. The van der Waals surface area contributed by atoms with Crippen molar-refractivity contribution in [2.75, 3.05) is 5.43 Å². The lowest BCUT2D eigenvalue weighted by Crippen LogP contribution is -2.07. The number of H-pyrrole nitrogens is 1. The fraction of sp³-hybridized carbons (Fsp3) is 0. The Bertz CT molecular complexity index is 482. The number of hydrogen-bond acceptors (Lipinski definition) is 4. The van der Waals surface area contributed by atoms with Gasteiger partial charge in [-0.1, -0.05) is 23.2 Å². The van der Waals surface area contributed by atoms with Crippen LogP contribution in [0.15, 0.2) is 18.2 Å². The maximum absolute atomic E-state index is 5.87. The highest BCUT2D eigenvalue weighted by molar-refractivity contribution is 6.42. The molecule has 15 heavy (non-hydrogen) atoms. The smallest absolute Gasteiger partial charge is 0.256 e. The molecule has 0 amide bonds. The summed E-state index contributed by atoms with van der Waals surface area (Å²) in [4.78, 5) is 4.07. The molecule has 78 valence electrons. The average Bonchev–Trinajstić information content (AvgIpc) is 2.70. The van der Waals surface area contributed by atoms with Crippen molar-refractivity contribution < 1.29 is 0 Å². The standard InChI is InChI=1S/C8H7Cl2N5/c9-5-2-1-4(3-6(5)10)7-12-8(13-11)15-14-7/h1-3H,11H2,(H2,12,13,14,15). The van der Waals surface area contributed by atoms with E-state index in [1.165, 1.54) is 0 Å². The van der Waals surface area contributed by atoms with Crippen LogP contribution in [-0.2, 0) is 0 Å². The number of hydrazine groups is 1. The number of halogens is 2. The Hall–Kier alpha value is -1.30. The molecule has 1 aromatic heterocycles. The molecule has 0 unspecified atom stereocenters. The predicted octanol–water partition coefficient (Wildman–Crippen LogP) is 2.06. The van der Waals surface area contributed by atoms with Crippen LogP contribution < -0.4 is 11.3 Å². The number of nitrogens with zero attached hydrogens (tertiary/aromatic N) is 2. The number of nitrogen functional groups attached to an aromatic ring is 1. The van der Waals surface area contributed by atoms with Crippen molar-refractivity contribution in [3.8, 4) is 11.4 Å². The van der Waals surface area contributed by atoms with E-state index in [4.69, 9.17) is 29.0 Å². The van der Waals surface area contributed by atoms with E-state index in [1.807, 2.05) is 0 Å². The van der Waals surface area contributed by atoms with Crippen molar-refractivity contribution in [2.45, 2.75) is 0 Å². The van der Waals surface area contributed by atoms with Gasteiger partial charge in [0.25, 0.3) is 5.95 Å². The molecule has 0 saturated heterocycles. The number of benzene rings is 1. The first kappa shape index (κ1) is 10.2. The molecule has 0 atom stereocenters. The molecule has 5 nitrogen and oxygen atoms in total. The van der Waals surface area contributed by atoms with Gasteiger partial charge in [-0.15, -0.1) is 5.10 Å². The lowest BCUT2D eigenvalue weighted by Gasteiger charge is -1.98.